The summed E-state index contributed by atoms with van der Waals surface area (Å²) in [7, 11) is 0. The van der Waals surface area contributed by atoms with Crippen LogP contribution in [-0.4, -0.2) is 50.9 Å². The third-order valence-corrected chi connectivity index (χ3v) is 6.50. The van der Waals surface area contributed by atoms with Crippen molar-refractivity contribution in [2.24, 2.45) is 0 Å². The number of aliphatic hydroxyl groups is 1. The van der Waals surface area contributed by atoms with E-state index < -0.39 is 30.9 Å². The van der Waals surface area contributed by atoms with Gasteiger partial charge in [-0.2, -0.15) is 5.10 Å². The van der Waals surface area contributed by atoms with Crippen LogP contribution >= 0.6 is 0 Å². The van der Waals surface area contributed by atoms with Crippen molar-refractivity contribution in [3.8, 4) is 17.0 Å². The molecule has 1 fully saturated rings. The van der Waals surface area contributed by atoms with Crippen LogP contribution in [-0.2, 0) is 11.3 Å². The highest BCUT2D eigenvalue weighted by molar-refractivity contribution is 5.94. The molecule has 0 aliphatic heterocycles. The summed E-state index contributed by atoms with van der Waals surface area (Å²) < 4.78 is 43.5. The molecule has 1 amide bonds. The molecule has 1 aliphatic carbocycles. The van der Waals surface area contributed by atoms with Crippen molar-refractivity contribution in [2.45, 2.75) is 57.0 Å². The van der Waals surface area contributed by atoms with Crippen LogP contribution in [0.15, 0.2) is 54.6 Å². The van der Waals surface area contributed by atoms with Crippen LogP contribution in [0.3, 0.4) is 0 Å². The molecule has 1 saturated carbocycles. The quantitative estimate of drug-likeness (QED) is 0.368. The van der Waals surface area contributed by atoms with E-state index in [1.165, 1.54) is 18.6 Å². The van der Waals surface area contributed by atoms with Gasteiger partial charge in [0, 0.05) is 17.0 Å². The predicted octanol–water partition coefficient (Wildman–Crippen LogP) is 4.72. The fourth-order valence-corrected chi connectivity index (χ4v) is 4.53. The Kier molecular flexibility index (Phi) is 8.35. The Morgan fingerprint density at radius 2 is 1.71 bits per heavy atom. The number of alkyl halides is 3. The normalized spacial score (nSPS) is 15.2. The number of aromatic nitrogens is 2. The number of ether oxygens (including phenoxy) is 1. The second-order valence-electron chi connectivity index (χ2n) is 9.28. The van der Waals surface area contributed by atoms with Gasteiger partial charge in [-0.05, 0) is 60.9 Å². The highest BCUT2D eigenvalue weighted by Crippen LogP contribution is 2.35. The van der Waals surface area contributed by atoms with E-state index in [0.29, 0.717) is 23.6 Å². The van der Waals surface area contributed by atoms with Gasteiger partial charge in [0.1, 0.15) is 5.75 Å². The van der Waals surface area contributed by atoms with Crippen molar-refractivity contribution in [1.29, 1.82) is 0 Å². The molecular weight excluding hydrogens is 503 g/mol. The summed E-state index contributed by atoms with van der Waals surface area (Å²) >= 11 is 0. The van der Waals surface area contributed by atoms with E-state index in [-0.39, 0.29) is 5.75 Å². The van der Waals surface area contributed by atoms with Gasteiger partial charge in [0.15, 0.2) is 6.10 Å². The number of benzene rings is 2. The number of amides is 1. The summed E-state index contributed by atoms with van der Waals surface area (Å²) in [6, 6.07) is 14.3. The average molecular weight is 532 g/mol. The summed E-state index contributed by atoms with van der Waals surface area (Å²) in [6.45, 7) is -0.0498. The second-order valence-corrected chi connectivity index (χ2v) is 9.28. The molecule has 0 unspecified atom stereocenters. The predicted molar refractivity (Wildman–Crippen MR) is 132 cm³/mol. The summed E-state index contributed by atoms with van der Waals surface area (Å²) in [5.74, 6) is -1.92. The summed E-state index contributed by atoms with van der Waals surface area (Å²) in [5, 5.41) is 25.3. The first-order valence-electron chi connectivity index (χ1n) is 12.3. The first kappa shape index (κ1) is 27.2. The first-order chi connectivity index (χ1) is 18.1. The van der Waals surface area contributed by atoms with Crippen LogP contribution in [0.2, 0.25) is 0 Å². The number of nitrogens with one attached hydrogen (secondary N) is 1. The minimum Gasteiger partial charge on any atom is -0.479 e. The van der Waals surface area contributed by atoms with Gasteiger partial charge in [0.2, 0.25) is 0 Å². The zero-order valence-corrected chi connectivity index (χ0v) is 20.4. The molecule has 3 aromatic rings. The Labute approximate surface area is 217 Å². The van der Waals surface area contributed by atoms with Gasteiger partial charge >= 0.3 is 12.3 Å². The Balaban J connectivity index is 1.54. The van der Waals surface area contributed by atoms with Gasteiger partial charge in [-0.1, -0.05) is 31.4 Å². The molecule has 0 bridgehead atoms. The van der Waals surface area contributed by atoms with E-state index >= 15 is 0 Å². The number of halogens is 3. The van der Waals surface area contributed by atoms with Gasteiger partial charge in [-0.25, -0.2) is 4.79 Å². The highest BCUT2D eigenvalue weighted by Gasteiger charge is 2.31. The number of hydrogen-bond donors (Lipinski definition) is 3. The van der Waals surface area contributed by atoms with E-state index in [1.54, 1.807) is 36.4 Å². The Morgan fingerprint density at radius 1 is 1.05 bits per heavy atom. The standard InChI is InChI=1S/C27H28F3N3O5/c28-27(29,30)38-21-12-10-19(11-13-21)23-14-22(18-4-2-1-3-5-18)32-33(23)16-17-6-8-20(9-7-17)25(35)31-15-24(34)26(36)37/h6-14,18,24,34H,1-5,15-16H2,(H,31,35)(H,36,37)/t24-/m1/s1. The lowest BCUT2D eigenvalue weighted by molar-refractivity contribution is -0.274. The molecule has 11 heteroatoms. The van der Waals surface area contributed by atoms with Crippen LogP contribution < -0.4 is 10.1 Å². The molecule has 0 spiro atoms. The molecule has 4 rings (SSSR count). The van der Waals surface area contributed by atoms with E-state index in [0.717, 1.165) is 42.6 Å². The summed E-state index contributed by atoms with van der Waals surface area (Å²) in [5.41, 5.74) is 3.54. The van der Waals surface area contributed by atoms with Crippen LogP contribution in [0.1, 0.15) is 59.6 Å². The molecule has 3 N–H and O–H groups in total. The van der Waals surface area contributed by atoms with Crippen molar-refractivity contribution in [1.82, 2.24) is 15.1 Å². The Morgan fingerprint density at radius 3 is 2.32 bits per heavy atom. The number of nitrogens with zero attached hydrogens (tertiary/aromatic N) is 2. The first-order valence-corrected chi connectivity index (χ1v) is 12.3. The van der Waals surface area contributed by atoms with Gasteiger partial charge in [0.25, 0.3) is 5.91 Å². The number of rotatable bonds is 9. The molecule has 202 valence electrons. The second kappa shape index (κ2) is 11.7. The SMILES string of the molecule is O=C(NC[C@@H](O)C(=O)O)c1ccc(Cn2nc(C3CCCCC3)cc2-c2ccc(OC(F)(F)F)cc2)cc1. The maximum absolute atomic E-state index is 12.6. The van der Waals surface area contributed by atoms with Crippen molar-refractivity contribution in [3.63, 3.8) is 0 Å². The third-order valence-electron chi connectivity index (χ3n) is 6.50. The van der Waals surface area contributed by atoms with Crippen molar-refractivity contribution < 1.29 is 37.7 Å². The van der Waals surface area contributed by atoms with Gasteiger partial charge in [-0.15, -0.1) is 13.2 Å². The molecule has 1 atom stereocenters. The van der Waals surface area contributed by atoms with Crippen LogP contribution in [0.4, 0.5) is 13.2 Å². The van der Waals surface area contributed by atoms with Crippen LogP contribution in [0.25, 0.3) is 11.3 Å². The molecule has 8 nitrogen and oxygen atoms in total. The summed E-state index contributed by atoms with van der Waals surface area (Å²) in [6.07, 6.45) is -0.933. The lowest BCUT2D eigenvalue weighted by Crippen LogP contribution is -2.36. The molecule has 1 aromatic heterocycles. The fraction of sp³-hybridized carbons (Fsp3) is 0.370. The van der Waals surface area contributed by atoms with E-state index in [2.05, 4.69) is 10.1 Å². The minimum atomic E-state index is -4.77. The van der Waals surface area contributed by atoms with Crippen molar-refractivity contribution in [2.75, 3.05) is 6.54 Å². The maximum atomic E-state index is 12.6. The van der Waals surface area contributed by atoms with Crippen LogP contribution in [0.5, 0.6) is 5.75 Å². The molecular formula is C27H28F3N3O5. The molecule has 38 heavy (non-hydrogen) atoms. The molecule has 1 heterocycles. The molecule has 1 aliphatic rings. The number of carboxylic acids is 1. The number of aliphatic hydroxyl groups excluding tert-OH is 1. The Bertz CT molecular complexity index is 1250. The highest BCUT2D eigenvalue weighted by atomic mass is 19.4. The fourth-order valence-electron chi connectivity index (χ4n) is 4.53. The number of carboxylic acid groups (broad SMARTS) is 1. The van der Waals surface area contributed by atoms with E-state index in [9.17, 15) is 27.9 Å². The van der Waals surface area contributed by atoms with Crippen LogP contribution in [0, 0.1) is 0 Å². The minimum absolute atomic E-state index is 0.301. The number of aliphatic carboxylic acids is 1. The van der Waals surface area contributed by atoms with Crippen molar-refractivity contribution >= 4 is 11.9 Å². The topological polar surface area (TPSA) is 114 Å². The van der Waals surface area contributed by atoms with E-state index in [4.69, 9.17) is 10.2 Å². The average Bonchev–Trinajstić information content (AvgIpc) is 3.31. The number of carbonyl (C=O) groups excluding carboxylic acids is 1. The largest absolute Gasteiger partial charge is 0.573 e. The summed E-state index contributed by atoms with van der Waals surface area (Å²) in [4.78, 5) is 23.0. The monoisotopic (exact) mass is 531 g/mol. The molecule has 0 saturated heterocycles. The molecule has 2 aromatic carbocycles. The number of hydrogen-bond acceptors (Lipinski definition) is 5. The smallest absolute Gasteiger partial charge is 0.479 e. The third kappa shape index (κ3) is 7.12. The zero-order chi connectivity index (χ0) is 27.3. The zero-order valence-electron chi connectivity index (χ0n) is 20.4. The lowest BCUT2D eigenvalue weighted by atomic mass is 9.87. The van der Waals surface area contributed by atoms with Gasteiger partial charge in [-0.3, -0.25) is 9.48 Å². The van der Waals surface area contributed by atoms with E-state index in [1.807, 2.05) is 10.7 Å². The maximum Gasteiger partial charge on any atom is 0.573 e. The Hall–Kier alpha value is -3.86. The van der Waals surface area contributed by atoms with Gasteiger partial charge < -0.3 is 20.3 Å². The van der Waals surface area contributed by atoms with Gasteiger partial charge in [0.05, 0.1) is 24.5 Å². The molecule has 0 radical (unpaired) electrons. The van der Waals surface area contributed by atoms with Crippen molar-refractivity contribution in [3.05, 3.63) is 71.4 Å². The number of carbonyl (C=O) groups is 2. The lowest BCUT2D eigenvalue weighted by Gasteiger charge is -2.19.